The molecule has 0 radical (unpaired) electrons. The van der Waals surface area contributed by atoms with Crippen LogP contribution >= 0.6 is 0 Å². The van der Waals surface area contributed by atoms with Gasteiger partial charge in [0.25, 0.3) is 0 Å². The van der Waals surface area contributed by atoms with Crippen molar-refractivity contribution < 1.29 is 19.4 Å². The lowest BCUT2D eigenvalue weighted by Gasteiger charge is -2.25. The summed E-state index contributed by atoms with van der Waals surface area (Å²) in [5.41, 5.74) is 1.15. The molecule has 0 saturated carbocycles. The highest BCUT2D eigenvalue weighted by molar-refractivity contribution is 5.65. The molecular formula is C17H25NO4. The minimum Gasteiger partial charge on any atom is -0.465 e. The van der Waals surface area contributed by atoms with Crippen LogP contribution in [0.2, 0.25) is 0 Å². The summed E-state index contributed by atoms with van der Waals surface area (Å²) in [5, 5.41) is 11.5. The van der Waals surface area contributed by atoms with Crippen LogP contribution in [0, 0.1) is 11.8 Å². The van der Waals surface area contributed by atoms with Crippen molar-refractivity contribution in [1.82, 2.24) is 5.32 Å². The third-order valence-corrected chi connectivity index (χ3v) is 4.06. The summed E-state index contributed by atoms with van der Waals surface area (Å²) in [7, 11) is 0. The summed E-state index contributed by atoms with van der Waals surface area (Å²) >= 11 is 0. The maximum atomic E-state index is 10.9. The molecule has 1 aromatic carbocycles. The molecule has 1 aliphatic rings. The number of epoxide rings is 1. The molecule has 1 fully saturated rings. The van der Waals surface area contributed by atoms with Gasteiger partial charge in [-0.1, -0.05) is 44.2 Å². The van der Waals surface area contributed by atoms with Crippen molar-refractivity contribution >= 4 is 6.09 Å². The Kier molecular flexibility index (Phi) is 6.21. The average Bonchev–Trinajstić information content (AvgIpc) is 3.30. The Labute approximate surface area is 131 Å². The van der Waals surface area contributed by atoms with Gasteiger partial charge in [-0.15, -0.1) is 0 Å². The molecule has 0 aromatic heterocycles. The van der Waals surface area contributed by atoms with E-state index in [9.17, 15) is 4.79 Å². The Hall–Kier alpha value is -1.59. The summed E-state index contributed by atoms with van der Waals surface area (Å²) < 4.78 is 11.1. The first-order chi connectivity index (χ1) is 10.6. The van der Waals surface area contributed by atoms with Crippen LogP contribution in [-0.4, -0.2) is 36.6 Å². The number of hydrogen-bond acceptors (Lipinski definition) is 3. The van der Waals surface area contributed by atoms with Crippen LogP contribution in [0.15, 0.2) is 30.3 Å². The van der Waals surface area contributed by atoms with Crippen LogP contribution < -0.4 is 5.32 Å². The number of carbonyl (C=O) groups is 1. The summed E-state index contributed by atoms with van der Waals surface area (Å²) in [6.45, 7) is 6.13. The van der Waals surface area contributed by atoms with Gasteiger partial charge in [0.2, 0.25) is 0 Å². The summed E-state index contributed by atoms with van der Waals surface area (Å²) in [4.78, 5) is 10.9. The number of rotatable bonds is 9. The van der Waals surface area contributed by atoms with Crippen molar-refractivity contribution in [2.45, 2.75) is 39.0 Å². The standard InChI is InChI=1S/C17H25NO4/c1-12(2)14(8-15(16-11-22-16)18-17(19)20)10-21-9-13-6-4-3-5-7-13/h3-7,12,14-16,18H,8-11H2,1-2H3,(H,19,20)/t14-,15?,16?/m1/s1. The number of amides is 1. The quantitative estimate of drug-likeness (QED) is 0.688. The zero-order valence-corrected chi connectivity index (χ0v) is 13.2. The molecule has 1 aliphatic heterocycles. The molecular weight excluding hydrogens is 282 g/mol. The maximum absolute atomic E-state index is 10.9. The predicted molar refractivity (Wildman–Crippen MR) is 83.7 cm³/mol. The lowest BCUT2D eigenvalue weighted by atomic mass is 9.89. The minimum atomic E-state index is -0.992. The molecule has 1 amide bonds. The second-order valence-electron chi connectivity index (χ2n) is 6.17. The zero-order chi connectivity index (χ0) is 15.9. The van der Waals surface area contributed by atoms with Crippen LogP contribution in [0.5, 0.6) is 0 Å². The van der Waals surface area contributed by atoms with Crippen LogP contribution in [-0.2, 0) is 16.1 Å². The first-order valence-electron chi connectivity index (χ1n) is 7.79. The SMILES string of the molecule is CC(C)[C@@H](COCc1ccccc1)CC(NC(=O)O)C1CO1. The number of ether oxygens (including phenoxy) is 2. The van der Waals surface area contributed by atoms with E-state index in [2.05, 4.69) is 19.2 Å². The lowest BCUT2D eigenvalue weighted by molar-refractivity contribution is 0.0619. The largest absolute Gasteiger partial charge is 0.465 e. The molecule has 0 spiro atoms. The van der Waals surface area contributed by atoms with Gasteiger partial charge in [-0.2, -0.15) is 0 Å². The predicted octanol–water partition coefficient (Wildman–Crippen LogP) is 2.90. The van der Waals surface area contributed by atoms with Crippen LogP contribution in [0.4, 0.5) is 4.79 Å². The van der Waals surface area contributed by atoms with Gasteiger partial charge in [0.1, 0.15) is 6.10 Å². The van der Waals surface area contributed by atoms with E-state index in [4.69, 9.17) is 14.6 Å². The Morgan fingerprint density at radius 3 is 2.64 bits per heavy atom. The Balaban J connectivity index is 1.82. The van der Waals surface area contributed by atoms with Gasteiger partial charge in [0.05, 0.1) is 25.9 Å². The molecule has 1 heterocycles. The van der Waals surface area contributed by atoms with E-state index in [1.165, 1.54) is 0 Å². The molecule has 2 N–H and O–H groups in total. The van der Waals surface area contributed by atoms with Gasteiger partial charge in [-0.3, -0.25) is 0 Å². The molecule has 1 aromatic rings. The lowest BCUT2D eigenvalue weighted by Crippen LogP contribution is -2.40. The maximum Gasteiger partial charge on any atom is 0.404 e. The topological polar surface area (TPSA) is 71.1 Å². The van der Waals surface area contributed by atoms with E-state index in [1.807, 2.05) is 30.3 Å². The third-order valence-electron chi connectivity index (χ3n) is 4.06. The molecule has 2 rings (SSSR count). The first-order valence-corrected chi connectivity index (χ1v) is 7.79. The van der Waals surface area contributed by atoms with Crippen LogP contribution in [0.3, 0.4) is 0 Å². The monoisotopic (exact) mass is 307 g/mol. The zero-order valence-electron chi connectivity index (χ0n) is 13.2. The van der Waals surface area contributed by atoms with Crippen molar-refractivity contribution in [2.24, 2.45) is 11.8 Å². The van der Waals surface area contributed by atoms with Crippen molar-refractivity contribution in [2.75, 3.05) is 13.2 Å². The molecule has 5 nitrogen and oxygen atoms in total. The molecule has 5 heteroatoms. The second kappa shape index (κ2) is 8.15. The van der Waals surface area contributed by atoms with Gasteiger partial charge in [0.15, 0.2) is 0 Å². The number of nitrogens with one attached hydrogen (secondary N) is 1. The van der Waals surface area contributed by atoms with Gasteiger partial charge >= 0.3 is 6.09 Å². The molecule has 122 valence electrons. The van der Waals surface area contributed by atoms with Crippen molar-refractivity contribution in [1.29, 1.82) is 0 Å². The highest BCUT2D eigenvalue weighted by Crippen LogP contribution is 2.25. The highest BCUT2D eigenvalue weighted by Gasteiger charge is 2.36. The fraction of sp³-hybridized carbons (Fsp3) is 0.588. The molecule has 2 unspecified atom stereocenters. The minimum absolute atomic E-state index is 0.0199. The van der Waals surface area contributed by atoms with Crippen LogP contribution in [0.25, 0.3) is 0 Å². The van der Waals surface area contributed by atoms with Gasteiger partial charge in [0, 0.05) is 0 Å². The van der Waals surface area contributed by atoms with Crippen molar-refractivity contribution in [3.8, 4) is 0 Å². The molecule has 1 saturated heterocycles. The summed E-state index contributed by atoms with van der Waals surface area (Å²) in [6.07, 6.45) is -0.233. The van der Waals surface area contributed by atoms with Crippen molar-refractivity contribution in [3.05, 3.63) is 35.9 Å². The fourth-order valence-electron chi connectivity index (χ4n) is 2.51. The second-order valence-corrected chi connectivity index (χ2v) is 6.17. The smallest absolute Gasteiger partial charge is 0.404 e. The van der Waals surface area contributed by atoms with E-state index in [1.54, 1.807) is 0 Å². The Morgan fingerprint density at radius 1 is 1.41 bits per heavy atom. The number of hydrogen-bond donors (Lipinski definition) is 2. The van der Waals surface area contributed by atoms with E-state index in [-0.39, 0.29) is 12.1 Å². The first kappa shape index (κ1) is 16.8. The third kappa shape index (κ3) is 5.66. The van der Waals surface area contributed by atoms with Gasteiger partial charge in [-0.25, -0.2) is 4.79 Å². The van der Waals surface area contributed by atoms with E-state index in [0.717, 1.165) is 12.0 Å². The summed E-state index contributed by atoms with van der Waals surface area (Å²) in [5.74, 6) is 0.720. The molecule has 22 heavy (non-hydrogen) atoms. The number of carboxylic acid groups (broad SMARTS) is 1. The van der Waals surface area contributed by atoms with E-state index >= 15 is 0 Å². The van der Waals surface area contributed by atoms with Crippen molar-refractivity contribution in [3.63, 3.8) is 0 Å². The number of benzene rings is 1. The normalized spacial score (nSPS) is 19.7. The van der Waals surface area contributed by atoms with Gasteiger partial charge in [-0.05, 0) is 23.8 Å². The van der Waals surface area contributed by atoms with Crippen LogP contribution in [0.1, 0.15) is 25.8 Å². The molecule has 0 aliphatic carbocycles. The van der Waals surface area contributed by atoms with Gasteiger partial charge < -0.3 is 19.9 Å². The Bertz CT molecular complexity index is 459. The molecule has 0 bridgehead atoms. The fourth-order valence-corrected chi connectivity index (χ4v) is 2.51. The van der Waals surface area contributed by atoms with E-state index < -0.39 is 6.09 Å². The highest BCUT2D eigenvalue weighted by atomic mass is 16.6. The summed E-state index contributed by atoms with van der Waals surface area (Å²) in [6, 6.07) is 9.91. The Morgan fingerprint density at radius 2 is 2.09 bits per heavy atom. The average molecular weight is 307 g/mol. The van der Waals surface area contributed by atoms with E-state index in [0.29, 0.717) is 31.7 Å². The molecule has 3 atom stereocenters.